The van der Waals surface area contributed by atoms with Gasteiger partial charge in [-0.1, -0.05) is 18.2 Å². The molecule has 13 heavy (non-hydrogen) atoms. The van der Waals surface area contributed by atoms with E-state index in [0.717, 1.165) is 10.9 Å². The van der Waals surface area contributed by atoms with Gasteiger partial charge in [0.25, 0.3) is 5.91 Å². The second kappa shape index (κ2) is 2.91. The van der Waals surface area contributed by atoms with Crippen LogP contribution in [-0.2, 0) is 0 Å². The van der Waals surface area contributed by atoms with Crippen LogP contribution in [0.4, 0.5) is 0 Å². The molecule has 0 unspecified atom stereocenters. The molecule has 4 nitrogen and oxygen atoms in total. The van der Waals surface area contributed by atoms with Crippen LogP contribution < -0.4 is 11.3 Å². The molecule has 0 saturated heterocycles. The number of para-hydroxylation sites is 1. The van der Waals surface area contributed by atoms with Crippen LogP contribution in [0, 0.1) is 0 Å². The molecule has 1 aromatic heterocycles. The van der Waals surface area contributed by atoms with Gasteiger partial charge in [0.2, 0.25) is 0 Å². The van der Waals surface area contributed by atoms with E-state index < -0.39 is 0 Å². The number of nitrogens with one attached hydrogen (secondary N) is 2. The molecule has 0 aliphatic carbocycles. The van der Waals surface area contributed by atoms with Gasteiger partial charge in [0.15, 0.2) is 0 Å². The molecule has 1 aromatic carbocycles. The maximum atomic E-state index is 11.2. The number of benzene rings is 1. The van der Waals surface area contributed by atoms with Crippen LogP contribution in [-0.4, -0.2) is 10.9 Å². The van der Waals surface area contributed by atoms with Crippen LogP contribution in [0.5, 0.6) is 0 Å². The number of hydrazine groups is 1. The van der Waals surface area contributed by atoms with E-state index in [1.54, 1.807) is 6.20 Å². The predicted molar refractivity (Wildman–Crippen MR) is 50.0 cm³/mol. The second-order valence-electron chi connectivity index (χ2n) is 2.72. The Hall–Kier alpha value is -1.81. The molecule has 1 heterocycles. The number of aromatic amines is 1. The molecule has 2 aromatic rings. The third-order valence-corrected chi connectivity index (χ3v) is 1.96. The lowest BCUT2D eigenvalue weighted by Gasteiger charge is -1.95. The number of carbonyl (C=O) groups is 1. The number of carbonyl (C=O) groups excluding carboxylic acids is 1. The van der Waals surface area contributed by atoms with Crippen molar-refractivity contribution in [2.75, 3.05) is 0 Å². The zero-order valence-electron chi connectivity index (χ0n) is 6.87. The highest BCUT2D eigenvalue weighted by Crippen LogP contribution is 2.16. The molecule has 4 heteroatoms. The lowest BCUT2D eigenvalue weighted by molar-refractivity contribution is 0.0955. The zero-order chi connectivity index (χ0) is 9.26. The molecule has 0 atom stereocenters. The van der Waals surface area contributed by atoms with E-state index in [4.69, 9.17) is 5.84 Å². The lowest BCUT2D eigenvalue weighted by atomic mass is 10.2. The van der Waals surface area contributed by atoms with E-state index in [2.05, 4.69) is 10.4 Å². The molecule has 0 fully saturated rings. The molecule has 2 rings (SSSR count). The minimum Gasteiger partial charge on any atom is -0.360 e. The highest BCUT2D eigenvalue weighted by atomic mass is 16.2. The van der Waals surface area contributed by atoms with Crippen molar-refractivity contribution in [1.82, 2.24) is 10.4 Å². The van der Waals surface area contributed by atoms with Crippen molar-refractivity contribution in [3.8, 4) is 0 Å². The van der Waals surface area contributed by atoms with Gasteiger partial charge >= 0.3 is 0 Å². The molecule has 0 saturated carbocycles. The number of hydrogen-bond donors (Lipinski definition) is 3. The van der Waals surface area contributed by atoms with Crippen molar-refractivity contribution in [3.05, 3.63) is 36.0 Å². The summed E-state index contributed by atoms with van der Waals surface area (Å²) in [4.78, 5) is 14.2. The smallest absolute Gasteiger partial charge is 0.267 e. The largest absolute Gasteiger partial charge is 0.360 e. The third kappa shape index (κ3) is 1.17. The van der Waals surface area contributed by atoms with Gasteiger partial charge in [-0.3, -0.25) is 10.2 Å². The van der Waals surface area contributed by atoms with Gasteiger partial charge < -0.3 is 4.98 Å². The SMILES string of the molecule is NNC(=O)c1c[nH]c2ccccc12. The molecule has 0 spiro atoms. The van der Waals surface area contributed by atoms with Gasteiger partial charge in [0.05, 0.1) is 5.56 Å². The monoisotopic (exact) mass is 175 g/mol. The maximum Gasteiger partial charge on any atom is 0.267 e. The first-order chi connectivity index (χ1) is 6.33. The summed E-state index contributed by atoms with van der Waals surface area (Å²) in [5.41, 5.74) is 3.60. The molecule has 0 aliphatic heterocycles. The summed E-state index contributed by atoms with van der Waals surface area (Å²) in [5, 5.41) is 0.880. The first kappa shape index (κ1) is 7.82. The fourth-order valence-corrected chi connectivity index (χ4v) is 1.34. The summed E-state index contributed by atoms with van der Waals surface area (Å²) in [6.45, 7) is 0. The van der Waals surface area contributed by atoms with Gasteiger partial charge in [-0.15, -0.1) is 0 Å². The van der Waals surface area contributed by atoms with Crippen molar-refractivity contribution >= 4 is 16.8 Å². The number of aromatic nitrogens is 1. The van der Waals surface area contributed by atoms with Crippen molar-refractivity contribution in [2.24, 2.45) is 5.84 Å². The molecule has 0 bridgehead atoms. The standard InChI is InChI=1S/C9H9N3O/c10-12-9(13)7-5-11-8-4-2-1-3-6(7)8/h1-5,11H,10H2,(H,12,13). The molecule has 4 N–H and O–H groups in total. The van der Waals surface area contributed by atoms with Crippen LogP contribution in [0.3, 0.4) is 0 Å². The molecular formula is C9H9N3O. The summed E-state index contributed by atoms with van der Waals surface area (Å²) in [6.07, 6.45) is 1.65. The van der Waals surface area contributed by atoms with E-state index in [1.807, 2.05) is 24.3 Å². The maximum absolute atomic E-state index is 11.2. The molecule has 1 amide bonds. The molecule has 66 valence electrons. The second-order valence-corrected chi connectivity index (χ2v) is 2.72. The van der Waals surface area contributed by atoms with Gasteiger partial charge in [-0.25, -0.2) is 5.84 Å². The number of nitrogen functional groups attached to an aromatic ring is 1. The Labute approximate surface area is 74.7 Å². The van der Waals surface area contributed by atoms with Crippen molar-refractivity contribution in [3.63, 3.8) is 0 Å². The number of nitrogens with two attached hydrogens (primary N) is 1. The normalized spacial score (nSPS) is 10.2. The highest BCUT2D eigenvalue weighted by molar-refractivity contribution is 6.06. The number of H-pyrrole nitrogens is 1. The Morgan fingerprint density at radius 3 is 2.92 bits per heavy atom. The minimum atomic E-state index is -0.280. The first-order valence-corrected chi connectivity index (χ1v) is 3.90. The lowest BCUT2D eigenvalue weighted by Crippen LogP contribution is -2.29. The first-order valence-electron chi connectivity index (χ1n) is 3.90. The van der Waals surface area contributed by atoms with Gasteiger partial charge in [-0.05, 0) is 6.07 Å². The molecule has 0 aliphatic rings. The Morgan fingerprint density at radius 2 is 2.15 bits per heavy atom. The summed E-state index contributed by atoms with van der Waals surface area (Å²) in [6, 6.07) is 7.56. The zero-order valence-corrected chi connectivity index (χ0v) is 6.87. The Bertz CT molecular complexity index is 447. The summed E-state index contributed by atoms with van der Waals surface area (Å²) < 4.78 is 0. The Balaban J connectivity index is 2.64. The van der Waals surface area contributed by atoms with Gasteiger partial charge in [0, 0.05) is 17.1 Å². The van der Waals surface area contributed by atoms with E-state index in [-0.39, 0.29) is 5.91 Å². The number of fused-ring (bicyclic) bond motifs is 1. The average Bonchev–Trinajstić information content (AvgIpc) is 2.60. The van der Waals surface area contributed by atoms with Crippen LogP contribution in [0.1, 0.15) is 10.4 Å². The van der Waals surface area contributed by atoms with Crippen LogP contribution in [0.25, 0.3) is 10.9 Å². The van der Waals surface area contributed by atoms with E-state index in [9.17, 15) is 4.79 Å². The van der Waals surface area contributed by atoms with E-state index in [0.29, 0.717) is 5.56 Å². The summed E-state index contributed by atoms with van der Waals surface area (Å²) in [5.74, 6) is 4.76. The summed E-state index contributed by atoms with van der Waals surface area (Å²) >= 11 is 0. The average molecular weight is 175 g/mol. The van der Waals surface area contributed by atoms with Crippen LogP contribution in [0.15, 0.2) is 30.5 Å². The fraction of sp³-hybridized carbons (Fsp3) is 0. The highest BCUT2D eigenvalue weighted by Gasteiger charge is 2.08. The quantitative estimate of drug-likeness (QED) is 0.340. The van der Waals surface area contributed by atoms with Crippen molar-refractivity contribution in [1.29, 1.82) is 0 Å². The summed E-state index contributed by atoms with van der Waals surface area (Å²) in [7, 11) is 0. The predicted octanol–water partition coefficient (Wildman–Crippen LogP) is 0.771. The van der Waals surface area contributed by atoms with Crippen molar-refractivity contribution < 1.29 is 4.79 Å². The topological polar surface area (TPSA) is 70.9 Å². The van der Waals surface area contributed by atoms with E-state index in [1.165, 1.54) is 0 Å². The minimum absolute atomic E-state index is 0.280. The van der Waals surface area contributed by atoms with E-state index >= 15 is 0 Å². The number of amides is 1. The Kier molecular flexibility index (Phi) is 1.75. The van der Waals surface area contributed by atoms with Gasteiger partial charge in [0.1, 0.15) is 0 Å². The van der Waals surface area contributed by atoms with Crippen LogP contribution in [0.2, 0.25) is 0 Å². The van der Waals surface area contributed by atoms with Crippen LogP contribution >= 0.6 is 0 Å². The number of hydrogen-bond acceptors (Lipinski definition) is 2. The van der Waals surface area contributed by atoms with Crippen molar-refractivity contribution in [2.45, 2.75) is 0 Å². The molecule has 0 radical (unpaired) electrons. The Morgan fingerprint density at radius 1 is 1.38 bits per heavy atom. The third-order valence-electron chi connectivity index (χ3n) is 1.96. The molecular weight excluding hydrogens is 166 g/mol. The van der Waals surface area contributed by atoms with Gasteiger partial charge in [-0.2, -0.15) is 0 Å². The fourth-order valence-electron chi connectivity index (χ4n) is 1.34. The number of rotatable bonds is 1.